The Morgan fingerprint density at radius 2 is 1.95 bits per heavy atom. The lowest BCUT2D eigenvalue weighted by atomic mass is 10.2. The summed E-state index contributed by atoms with van der Waals surface area (Å²) in [5.41, 5.74) is 0.245. The summed E-state index contributed by atoms with van der Waals surface area (Å²) in [4.78, 5) is -0.332. The lowest BCUT2D eigenvalue weighted by Gasteiger charge is -2.12. The molecule has 0 aliphatic rings. The highest BCUT2D eigenvalue weighted by Gasteiger charge is 2.20. The third-order valence-electron chi connectivity index (χ3n) is 2.66. The van der Waals surface area contributed by atoms with Crippen LogP contribution >= 0.6 is 27.5 Å². The molecule has 0 bridgehead atoms. The molecule has 0 aromatic heterocycles. The molecule has 0 heterocycles. The predicted molar refractivity (Wildman–Crippen MR) is 82.3 cm³/mol. The molecule has 0 saturated carbocycles. The number of nitrogens with one attached hydrogen (secondary N) is 1. The van der Waals surface area contributed by atoms with Crippen molar-refractivity contribution in [1.29, 1.82) is 0 Å². The van der Waals surface area contributed by atoms with Gasteiger partial charge in [0.25, 0.3) is 10.0 Å². The van der Waals surface area contributed by atoms with Gasteiger partial charge >= 0.3 is 0 Å². The van der Waals surface area contributed by atoms with E-state index < -0.39 is 22.4 Å². The van der Waals surface area contributed by atoms with Gasteiger partial charge in [0.15, 0.2) is 0 Å². The van der Waals surface area contributed by atoms with E-state index in [1.54, 1.807) is 6.07 Å². The van der Waals surface area contributed by atoms with Gasteiger partial charge in [-0.1, -0.05) is 33.6 Å². The predicted octanol–water partition coefficient (Wildman–Crippen LogP) is 3.53. The van der Waals surface area contributed by atoms with Crippen molar-refractivity contribution in [2.45, 2.75) is 11.5 Å². The minimum absolute atomic E-state index is 0.0926. The summed E-state index contributed by atoms with van der Waals surface area (Å²) in [6.07, 6.45) is 0. The molecule has 2 aromatic rings. The Kier molecular flexibility index (Phi) is 4.88. The topological polar surface area (TPSA) is 66.4 Å². The highest BCUT2D eigenvalue weighted by atomic mass is 79.9. The van der Waals surface area contributed by atoms with Crippen LogP contribution in [-0.4, -0.2) is 13.5 Å². The third-order valence-corrected chi connectivity index (χ3v) is 4.93. The number of sulfonamides is 1. The normalized spacial score (nSPS) is 11.4. The quantitative estimate of drug-likeness (QED) is 0.833. The van der Waals surface area contributed by atoms with Gasteiger partial charge in [-0.05, 0) is 35.9 Å². The molecule has 2 rings (SSSR count). The van der Waals surface area contributed by atoms with Crippen molar-refractivity contribution in [1.82, 2.24) is 0 Å². The van der Waals surface area contributed by atoms with Crippen molar-refractivity contribution in [3.05, 3.63) is 57.3 Å². The lowest BCUT2D eigenvalue weighted by Crippen LogP contribution is -2.15. The molecule has 2 aromatic carbocycles. The van der Waals surface area contributed by atoms with Crippen molar-refractivity contribution in [2.75, 3.05) is 4.72 Å². The molecule has 0 fully saturated rings. The molecule has 0 aliphatic carbocycles. The number of hydrogen-bond acceptors (Lipinski definition) is 3. The fourth-order valence-corrected chi connectivity index (χ4v) is 3.58. The van der Waals surface area contributed by atoms with Gasteiger partial charge in [0, 0.05) is 4.47 Å². The van der Waals surface area contributed by atoms with Gasteiger partial charge in [0.2, 0.25) is 0 Å². The van der Waals surface area contributed by atoms with Gasteiger partial charge in [0.1, 0.15) is 5.82 Å². The number of halogens is 3. The molecule has 0 atom stereocenters. The van der Waals surface area contributed by atoms with Crippen molar-refractivity contribution in [2.24, 2.45) is 0 Å². The number of anilines is 1. The molecular formula is C13H10BrClFNO3S. The Balaban J connectivity index is 2.48. The molecule has 0 spiro atoms. The largest absolute Gasteiger partial charge is 0.392 e. The Morgan fingerprint density at radius 1 is 1.24 bits per heavy atom. The van der Waals surface area contributed by atoms with Crippen molar-refractivity contribution in [3.8, 4) is 0 Å². The van der Waals surface area contributed by atoms with Crippen LogP contribution in [0.5, 0.6) is 0 Å². The van der Waals surface area contributed by atoms with E-state index in [0.29, 0.717) is 4.47 Å². The van der Waals surface area contributed by atoms with E-state index in [1.807, 2.05) is 0 Å². The molecule has 2 N–H and O–H groups in total. The molecular weight excluding hydrogens is 385 g/mol. The number of benzene rings is 2. The van der Waals surface area contributed by atoms with E-state index in [4.69, 9.17) is 11.6 Å². The van der Waals surface area contributed by atoms with Crippen LogP contribution in [0.1, 0.15) is 5.56 Å². The van der Waals surface area contributed by atoms with E-state index in [1.165, 1.54) is 18.2 Å². The monoisotopic (exact) mass is 393 g/mol. The van der Waals surface area contributed by atoms with Gasteiger partial charge in [-0.3, -0.25) is 4.72 Å². The van der Waals surface area contributed by atoms with E-state index >= 15 is 0 Å². The minimum Gasteiger partial charge on any atom is -0.392 e. The zero-order chi connectivity index (χ0) is 15.6. The van der Waals surface area contributed by atoms with E-state index in [0.717, 1.165) is 12.1 Å². The zero-order valence-corrected chi connectivity index (χ0v) is 13.6. The first-order chi connectivity index (χ1) is 9.83. The fraction of sp³-hybridized carbons (Fsp3) is 0.0769. The molecule has 112 valence electrons. The number of hydrogen-bond donors (Lipinski definition) is 2. The summed E-state index contributed by atoms with van der Waals surface area (Å²) in [6, 6.07) is 7.80. The van der Waals surface area contributed by atoms with E-state index in [-0.39, 0.29) is 21.2 Å². The lowest BCUT2D eigenvalue weighted by molar-refractivity contribution is 0.278. The highest BCUT2D eigenvalue weighted by Crippen LogP contribution is 2.29. The first kappa shape index (κ1) is 16.2. The second-order valence-electron chi connectivity index (χ2n) is 4.14. The maximum Gasteiger partial charge on any atom is 0.262 e. The number of aliphatic hydroxyl groups excluding tert-OH is 1. The van der Waals surface area contributed by atoms with Crippen molar-refractivity contribution >= 4 is 43.2 Å². The Bertz CT molecular complexity index is 783. The molecule has 0 saturated heterocycles. The summed E-state index contributed by atoms with van der Waals surface area (Å²) >= 11 is 9.13. The Morgan fingerprint density at radius 3 is 2.62 bits per heavy atom. The number of aliphatic hydroxyl groups is 1. The van der Waals surface area contributed by atoms with E-state index in [9.17, 15) is 17.9 Å². The van der Waals surface area contributed by atoms with Gasteiger partial charge in [-0.15, -0.1) is 0 Å². The van der Waals surface area contributed by atoms with Crippen molar-refractivity contribution < 1.29 is 17.9 Å². The number of rotatable bonds is 4. The van der Waals surface area contributed by atoms with E-state index in [2.05, 4.69) is 20.7 Å². The summed E-state index contributed by atoms with van der Waals surface area (Å²) in [7, 11) is -4.07. The Hall–Kier alpha value is -1.15. The first-order valence-corrected chi connectivity index (χ1v) is 8.36. The molecule has 0 aliphatic heterocycles. The summed E-state index contributed by atoms with van der Waals surface area (Å²) in [5.74, 6) is -0.715. The molecule has 4 nitrogen and oxygen atoms in total. The van der Waals surface area contributed by atoms with Gasteiger partial charge in [-0.2, -0.15) is 0 Å². The average molecular weight is 395 g/mol. The molecule has 0 radical (unpaired) electrons. The maximum absolute atomic E-state index is 13.3. The molecule has 0 unspecified atom stereocenters. The van der Waals surface area contributed by atoms with Gasteiger partial charge in [-0.25, -0.2) is 12.8 Å². The fourth-order valence-electron chi connectivity index (χ4n) is 1.68. The van der Waals surface area contributed by atoms with Crippen LogP contribution in [0.4, 0.5) is 10.1 Å². The molecule has 8 heteroatoms. The van der Waals surface area contributed by atoms with Crippen LogP contribution in [0.15, 0.2) is 45.8 Å². The average Bonchev–Trinajstić information content (AvgIpc) is 2.42. The van der Waals surface area contributed by atoms with Crippen LogP contribution in [0.2, 0.25) is 5.02 Å². The second-order valence-corrected chi connectivity index (χ2v) is 7.11. The summed E-state index contributed by atoms with van der Waals surface area (Å²) in [6.45, 7) is -0.525. The van der Waals surface area contributed by atoms with Crippen molar-refractivity contribution in [3.63, 3.8) is 0 Å². The standard InChI is InChI=1S/C13H10BrClFNO3S/c14-9-2-4-11(15)12(5-9)17-21(19,20)13-6-10(16)3-1-8(13)7-18/h1-6,17-18H,7H2. The maximum atomic E-state index is 13.3. The smallest absolute Gasteiger partial charge is 0.262 e. The highest BCUT2D eigenvalue weighted by molar-refractivity contribution is 9.10. The van der Waals surface area contributed by atoms with Gasteiger partial charge < -0.3 is 5.11 Å². The molecule has 21 heavy (non-hydrogen) atoms. The minimum atomic E-state index is -4.07. The SMILES string of the molecule is O=S(=O)(Nc1cc(Br)ccc1Cl)c1cc(F)ccc1CO. The zero-order valence-electron chi connectivity index (χ0n) is 10.5. The first-order valence-electron chi connectivity index (χ1n) is 5.70. The third kappa shape index (κ3) is 3.74. The second kappa shape index (κ2) is 6.31. The van der Waals surface area contributed by atoms with Gasteiger partial charge in [0.05, 0.1) is 22.2 Å². The van der Waals surface area contributed by atoms with Crippen LogP contribution in [0.25, 0.3) is 0 Å². The van der Waals surface area contributed by atoms with Crippen LogP contribution in [0, 0.1) is 5.82 Å². The summed E-state index contributed by atoms with van der Waals surface area (Å²) in [5, 5.41) is 9.39. The van der Waals surface area contributed by atoms with Crippen LogP contribution < -0.4 is 4.72 Å². The van der Waals surface area contributed by atoms with Crippen LogP contribution in [0.3, 0.4) is 0 Å². The molecule has 0 amide bonds. The Labute approximate surface area is 134 Å². The van der Waals surface area contributed by atoms with Crippen LogP contribution in [-0.2, 0) is 16.6 Å². The summed E-state index contributed by atoms with van der Waals surface area (Å²) < 4.78 is 40.9.